The molecule has 0 aliphatic rings. The second-order valence-corrected chi connectivity index (χ2v) is 10.8. The number of hydrogen-bond donors (Lipinski definition) is 6. The number of ether oxygens (including phenoxy) is 2. The van der Waals surface area contributed by atoms with E-state index in [1.54, 1.807) is 0 Å². The standard InChI is InChI=1S/C26H34Br2N6O6S2.Cu/c1-3-39-21-7-5-15(9-17(21)27)11-29-25(41)33-31-13-19(23(37)24(38)20(36)14-35)32-34-26(42)30-12-16-6-8-22(40-4-2)18(28)10-16;/h5-10,13,20,23-24,35-38H,3-4,11-12,14H2,1-2H3,(H4,29,30,31,32,33,34,41,42);/q;+2/p-2. The zero-order valence-electron chi connectivity index (χ0n) is 23.1. The van der Waals surface area contributed by atoms with Gasteiger partial charge in [0.1, 0.15) is 29.8 Å². The van der Waals surface area contributed by atoms with Crippen molar-refractivity contribution >= 4 is 78.4 Å². The topological polar surface area (TPSA) is 176 Å². The van der Waals surface area contributed by atoms with Crippen LogP contribution in [-0.4, -0.2) is 80.7 Å². The van der Waals surface area contributed by atoms with Crippen LogP contribution in [0.2, 0.25) is 0 Å². The molecule has 239 valence electrons. The van der Waals surface area contributed by atoms with Gasteiger partial charge in [-0.1, -0.05) is 36.6 Å². The van der Waals surface area contributed by atoms with E-state index in [1.807, 2.05) is 50.2 Å². The van der Waals surface area contributed by atoms with Crippen LogP contribution in [0.5, 0.6) is 11.5 Å². The molecular formula is C26H32Br2CuN6O6S2. The van der Waals surface area contributed by atoms with Crippen LogP contribution in [-0.2, 0) is 30.2 Å². The Bertz CT molecular complexity index is 1260. The minimum atomic E-state index is -1.79. The Hall–Kier alpha value is -1.92. The van der Waals surface area contributed by atoms with E-state index in [9.17, 15) is 15.3 Å². The van der Waals surface area contributed by atoms with Gasteiger partial charge in [-0.15, -0.1) is 0 Å². The van der Waals surface area contributed by atoms with Crippen LogP contribution in [0.1, 0.15) is 25.0 Å². The van der Waals surface area contributed by atoms with Gasteiger partial charge < -0.3 is 51.4 Å². The average Bonchev–Trinajstić information content (AvgIpc) is 2.98. The molecule has 0 aliphatic carbocycles. The number of rotatable bonds is 15. The van der Waals surface area contributed by atoms with Gasteiger partial charge in [-0.3, -0.25) is 10.2 Å². The summed E-state index contributed by atoms with van der Waals surface area (Å²) < 4.78 is 12.6. The van der Waals surface area contributed by atoms with Gasteiger partial charge in [-0.25, -0.2) is 0 Å². The molecule has 0 bridgehead atoms. The number of nitrogens with zero attached hydrogens (tertiary/aromatic N) is 4. The number of nitrogens with one attached hydrogen (secondary N) is 2. The third kappa shape index (κ3) is 13.7. The molecule has 0 spiro atoms. The van der Waals surface area contributed by atoms with E-state index in [0.717, 1.165) is 32.0 Å². The monoisotopic (exact) mass is 809 g/mol. The molecule has 2 aromatic rings. The first kappa shape index (κ1) is 39.1. The number of aliphatic hydroxyl groups is 4. The van der Waals surface area contributed by atoms with Crippen molar-refractivity contribution < 1.29 is 47.0 Å². The van der Waals surface area contributed by atoms with Crippen molar-refractivity contribution in [2.45, 2.75) is 45.2 Å². The summed E-state index contributed by atoms with van der Waals surface area (Å²) in [5.74, 6) is 1.44. The quantitative estimate of drug-likeness (QED) is 0.0675. The summed E-state index contributed by atoms with van der Waals surface area (Å²) >= 11 is 17.3. The van der Waals surface area contributed by atoms with Crippen molar-refractivity contribution in [3.8, 4) is 11.5 Å². The molecule has 12 nitrogen and oxygen atoms in total. The van der Waals surface area contributed by atoms with Crippen molar-refractivity contribution in [3.05, 3.63) is 67.3 Å². The molecule has 2 aromatic carbocycles. The predicted octanol–water partition coefficient (Wildman–Crippen LogP) is 3.62. The molecule has 1 radical (unpaired) electrons. The van der Waals surface area contributed by atoms with Crippen LogP contribution in [0, 0.1) is 0 Å². The van der Waals surface area contributed by atoms with E-state index in [2.05, 4.69) is 63.5 Å². The summed E-state index contributed by atoms with van der Waals surface area (Å²) in [7, 11) is 0. The zero-order valence-corrected chi connectivity index (χ0v) is 28.8. The fraction of sp³-hybridized carbons (Fsp3) is 0.385. The molecular weight excluding hydrogens is 780 g/mol. The van der Waals surface area contributed by atoms with Crippen LogP contribution < -0.4 is 20.1 Å². The summed E-state index contributed by atoms with van der Waals surface area (Å²) in [6, 6.07) is 11.1. The van der Waals surface area contributed by atoms with Crippen molar-refractivity contribution in [2.75, 3.05) is 19.8 Å². The third-order valence-electron chi connectivity index (χ3n) is 5.28. The van der Waals surface area contributed by atoms with Gasteiger partial charge in [0.25, 0.3) is 0 Å². The Balaban J connectivity index is 0.00000924. The van der Waals surface area contributed by atoms with Gasteiger partial charge in [0, 0.05) is 10.2 Å². The number of thiocarbonyl (C=S) groups is 2. The first-order valence-electron chi connectivity index (χ1n) is 12.6. The van der Waals surface area contributed by atoms with Gasteiger partial charge >= 0.3 is 17.1 Å². The van der Waals surface area contributed by atoms with Crippen LogP contribution >= 0.6 is 56.3 Å². The minimum Gasteiger partial charge on any atom is -0.493 e. The van der Waals surface area contributed by atoms with Crippen LogP contribution in [0.4, 0.5) is 0 Å². The second-order valence-electron chi connectivity index (χ2n) is 8.37. The van der Waals surface area contributed by atoms with E-state index in [4.69, 9.17) is 39.0 Å². The molecule has 0 aliphatic heterocycles. The first-order chi connectivity index (χ1) is 20.1. The molecule has 3 unspecified atom stereocenters. The van der Waals surface area contributed by atoms with E-state index >= 15 is 0 Å². The maximum Gasteiger partial charge on any atom is 2.00 e. The SMILES string of the molecule is CCOc1ccc(CNC(=S)[N-]N=C(/C=N\[N-]C(=S)NCc2ccc(OCC)c(Br)c2)C(O)C(O)C(O)CO)cc1Br.[Cu+2]. The van der Waals surface area contributed by atoms with E-state index in [0.29, 0.717) is 32.1 Å². The third-order valence-corrected chi connectivity index (χ3v) is 6.97. The van der Waals surface area contributed by atoms with E-state index in [1.165, 1.54) is 0 Å². The normalized spacial score (nSPS) is 13.3. The maximum atomic E-state index is 10.5. The molecule has 2 rings (SSSR count). The fourth-order valence-corrected chi connectivity index (χ4v) is 4.49. The number of halogens is 2. The van der Waals surface area contributed by atoms with Crippen LogP contribution in [0.25, 0.3) is 10.9 Å². The molecule has 0 heterocycles. The molecule has 0 amide bonds. The van der Waals surface area contributed by atoms with Crippen molar-refractivity contribution in [3.63, 3.8) is 0 Å². The molecule has 0 saturated carbocycles. The van der Waals surface area contributed by atoms with Gasteiger partial charge in [-0.2, -0.15) is 0 Å². The summed E-state index contributed by atoms with van der Waals surface area (Å²) in [6.45, 7) is 4.76. The summed E-state index contributed by atoms with van der Waals surface area (Å²) in [5, 5.41) is 53.1. The largest absolute Gasteiger partial charge is 2.00 e. The Kier molecular flexibility index (Phi) is 19.0. The zero-order chi connectivity index (χ0) is 31.1. The average molecular weight is 812 g/mol. The molecule has 0 aromatic heterocycles. The Morgan fingerprint density at radius 2 is 1.40 bits per heavy atom. The summed E-state index contributed by atoms with van der Waals surface area (Å²) in [6.07, 6.45) is -4.20. The number of benzene rings is 2. The van der Waals surface area contributed by atoms with Crippen molar-refractivity contribution in [1.29, 1.82) is 0 Å². The molecule has 43 heavy (non-hydrogen) atoms. The Labute approximate surface area is 288 Å². The summed E-state index contributed by atoms with van der Waals surface area (Å²) in [4.78, 5) is 0. The molecule has 3 atom stereocenters. The predicted molar refractivity (Wildman–Crippen MR) is 177 cm³/mol. The van der Waals surface area contributed by atoms with E-state index in [-0.39, 0.29) is 33.0 Å². The van der Waals surface area contributed by atoms with Crippen LogP contribution in [0.3, 0.4) is 0 Å². The van der Waals surface area contributed by atoms with Crippen molar-refractivity contribution in [1.82, 2.24) is 10.6 Å². The first-order valence-corrected chi connectivity index (χ1v) is 15.1. The second kappa shape index (κ2) is 20.9. The number of aliphatic hydroxyl groups excluding tert-OH is 4. The van der Waals surface area contributed by atoms with Crippen molar-refractivity contribution in [2.24, 2.45) is 10.2 Å². The molecule has 17 heteroatoms. The molecule has 0 fully saturated rings. The Morgan fingerprint density at radius 3 is 1.84 bits per heavy atom. The van der Waals surface area contributed by atoms with Gasteiger partial charge in [0.15, 0.2) is 0 Å². The maximum absolute atomic E-state index is 10.5. The van der Waals surface area contributed by atoms with Gasteiger partial charge in [0.2, 0.25) is 0 Å². The Morgan fingerprint density at radius 1 is 0.907 bits per heavy atom. The fourth-order valence-electron chi connectivity index (χ4n) is 3.18. The summed E-state index contributed by atoms with van der Waals surface area (Å²) in [5.41, 5.74) is 9.21. The van der Waals surface area contributed by atoms with Gasteiger partial charge in [0.05, 0.1) is 40.7 Å². The number of hydrogen-bond acceptors (Lipinski definition) is 10. The van der Waals surface area contributed by atoms with Gasteiger partial charge in [-0.05, 0) is 94.2 Å². The van der Waals surface area contributed by atoms with Crippen LogP contribution in [0.15, 0.2) is 55.5 Å². The molecule has 0 saturated heterocycles. The molecule has 6 N–H and O–H groups in total. The smallest absolute Gasteiger partial charge is 0.493 e. The minimum absolute atomic E-state index is 0. The van der Waals surface area contributed by atoms with E-state index < -0.39 is 24.9 Å².